The van der Waals surface area contributed by atoms with E-state index in [2.05, 4.69) is 25.5 Å². The first-order chi connectivity index (χ1) is 10.2. The van der Waals surface area contributed by atoms with E-state index in [1.165, 1.54) is 12.4 Å². The van der Waals surface area contributed by atoms with Crippen LogP contribution >= 0.6 is 12.2 Å². The summed E-state index contributed by atoms with van der Waals surface area (Å²) in [6.45, 7) is 0. The molecule has 0 saturated heterocycles. The number of hydrogen-bond donors (Lipinski definition) is 3. The Balaban J connectivity index is 1.81. The Morgan fingerprint density at radius 1 is 1.24 bits per heavy atom. The van der Waals surface area contributed by atoms with Crippen molar-refractivity contribution in [3.05, 3.63) is 63.3 Å². The van der Waals surface area contributed by atoms with E-state index >= 15 is 0 Å². The SMILES string of the molecule is O=c1[nH]c(=S)[nH]cc1C=NNc1ccc2ccccc2n1. The van der Waals surface area contributed by atoms with Crippen LogP contribution in [-0.2, 0) is 0 Å². The molecule has 0 amide bonds. The van der Waals surface area contributed by atoms with Crippen molar-refractivity contribution >= 4 is 35.2 Å². The van der Waals surface area contributed by atoms with E-state index in [0.717, 1.165) is 10.9 Å². The van der Waals surface area contributed by atoms with Crippen LogP contribution in [0.25, 0.3) is 10.9 Å². The smallest absolute Gasteiger partial charge is 0.260 e. The van der Waals surface area contributed by atoms with Crippen molar-refractivity contribution in [1.82, 2.24) is 15.0 Å². The predicted octanol–water partition coefficient (Wildman–Crippen LogP) is 2.43. The number of nitrogens with zero attached hydrogens (tertiary/aromatic N) is 2. The molecule has 0 aliphatic carbocycles. The van der Waals surface area contributed by atoms with Crippen molar-refractivity contribution in [2.45, 2.75) is 0 Å². The molecule has 0 radical (unpaired) electrons. The lowest BCUT2D eigenvalue weighted by atomic mass is 10.2. The molecule has 2 aromatic heterocycles. The number of fused-ring (bicyclic) bond motifs is 1. The largest absolute Gasteiger partial charge is 0.338 e. The van der Waals surface area contributed by atoms with Gasteiger partial charge in [0.15, 0.2) is 4.77 Å². The van der Waals surface area contributed by atoms with Crippen molar-refractivity contribution in [2.24, 2.45) is 5.10 Å². The summed E-state index contributed by atoms with van der Waals surface area (Å²) < 4.78 is 0.279. The third-order valence-electron chi connectivity index (χ3n) is 2.83. The molecule has 1 aromatic carbocycles. The first-order valence-electron chi connectivity index (χ1n) is 6.19. The fourth-order valence-corrected chi connectivity index (χ4v) is 1.96. The van der Waals surface area contributed by atoms with Crippen molar-refractivity contribution in [1.29, 1.82) is 0 Å². The quantitative estimate of drug-likeness (QED) is 0.394. The first kappa shape index (κ1) is 13.2. The van der Waals surface area contributed by atoms with Gasteiger partial charge in [-0.3, -0.25) is 15.2 Å². The number of anilines is 1. The van der Waals surface area contributed by atoms with Gasteiger partial charge in [0.1, 0.15) is 5.82 Å². The Morgan fingerprint density at radius 2 is 2.10 bits per heavy atom. The van der Waals surface area contributed by atoms with Gasteiger partial charge in [-0.1, -0.05) is 18.2 Å². The van der Waals surface area contributed by atoms with E-state index in [1.807, 2.05) is 36.4 Å². The molecule has 3 N–H and O–H groups in total. The monoisotopic (exact) mass is 297 g/mol. The molecule has 3 rings (SSSR count). The van der Waals surface area contributed by atoms with E-state index in [0.29, 0.717) is 11.4 Å². The van der Waals surface area contributed by atoms with E-state index in [-0.39, 0.29) is 10.3 Å². The minimum atomic E-state index is -0.296. The molecule has 3 aromatic rings. The highest BCUT2D eigenvalue weighted by Crippen LogP contribution is 2.14. The number of rotatable bonds is 3. The summed E-state index contributed by atoms with van der Waals surface area (Å²) in [4.78, 5) is 21.2. The van der Waals surface area contributed by atoms with Crippen LogP contribution in [0.4, 0.5) is 5.82 Å². The molecule has 0 fully saturated rings. The average molecular weight is 297 g/mol. The number of aromatic amines is 2. The molecule has 2 heterocycles. The zero-order chi connectivity index (χ0) is 14.7. The van der Waals surface area contributed by atoms with Gasteiger partial charge in [0.2, 0.25) is 0 Å². The molecule has 7 heteroatoms. The molecule has 0 aliphatic heterocycles. The van der Waals surface area contributed by atoms with Crippen molar-refractivity contribution in [3.63, 3.8) is 0 Å². The second kappa shape index (κ2) is 5.68. The summed E-state index contributed by atoms with van der Waals surface area (Å²) >= 11 is 4.81. The number of benzene rings is 1. The highest BCUT2D eigenvalue weighted by atomic mass is 32.1. The number of aromatic nitrogens is 3. The summed E-state index contributed by atoms with van der Waals surface area (Å²) in [6, 6.07) is 11.6. The second-order valence-corrected chi connectivity index (χ2v) is 4.69. The lowest BCUT2D eigenvalue weighted by molar-refractivity contribution is 1.08. The molecular weight excluding hydrogens is 286 g/mol. The van der Waals surface area contributed by atoms with Gasteiger partial charge in [0, 0.05) is 11.6 Å². The molecule has 21 heavy (non-hydrogen) atoms. The minimum Gasteiger partial charge on any atom is -0.338 e. The van der Waals surface area contributed by atoms with Gasteiger partial charge < -0.3 is 4.98 Å². The Morgan fingerprint density at radius 3 is 2.95 bits per heavy atom. The maximum Gasteiger partial charge on any atom is 0.260 e. The summed E-state index contributed by atoms with van der Waals surface area (Å²) in [6.07, 6.45) is 2.90. The van der Waals surface area contributed by atoms with Crippen LogP contribution in [0.3, 0.4) is 0 Å². The number of pyridine rings is 1. The molecule has 0 aliphatic rings. The molecule has 0 saturated carbocycles. The number of hydrazone groups is 1. The highest BCUT2D eigenvalue weighted by molar-refractivity contribution is 7.71. The van der Waals surface area contributed by atoms with Crippen LogP contribution in [0, 0.1) is 4.77 Å². The molecule has 104 valence electrons. The molecule has 0 bridgehead atoms. The summed E-state index contributed by atoms with van der Waals surface area (Å²) in [5.41, 5.74) is 3.74. The van der Waals surface area contributed by atoms with Crippen LogP contribution in [0.1, 0.15) is 5.56 Å². The number of nitrogens with one attached hydrogen (secondary N) is 3. The normalized spacial score (nSPS) is 11.0. The Labute approximate surface area is 124 Å². The van der Waals surface area contributed by atoms with Gasteiger partial charge in [-0.15, -0.1) is 0 Å². The van der Waals surface area contributed by atoms with Gasteiger partial charge in [0.25, 0.3) is 5.56 Å². The van der Waals surface area contributed by atoms with Crippen LogP contribution in [0.15, 0.2) is 52.5 Å². The molecular formula is C14H11N5OS. The van der Waals surface area contributed by atoms with Crippen molar-refractivity contribution in [3.8, 4) is 0 Å². The van der Waals surface area contributed by atoms with Crippen LogP contribution in [-0.4, -0.2) is 21.2 Å². The van der Waals surface area contributed by atoms with Crippen molar-refractivity contribution < 1.29 is 0 Å². The second-order valence-electron chi connectivity index (χ2n) is 4.29. The fourth-order valence-electron chi connectivity index (χ4n) is 1.81. The Hall–Kier alpha value is -2.80. The topological polar surface area (TPSA) is 85.9 Å². The first-order valence-corrected chi connectivity index (χ1v) is 6.60. The van der Waals surface area contributed by atoms with E-state index in [9.17, 15) is 4.79 Å². The summed E-state index contributed by atoms with van der Waals surface area (Å²) in [5.74, 6) is 0.602. The van der Waals surface area contributed by atoms with Crippen LogP contribution < -0.4 is 11.0 Å². The Bertz CT molecular complexity index is 928. The van der Waals surface area contributed by atoms with Gasteiger partial charge >= 0.3 is 0 Å². The molecule has 0 unspecified atom stereocenters. The molecule has 6 nitrogen and oxygen atoms in total. The van der Waals surface area contributed by atoms with E-state index in [4.69, 9.17) is 12.2 Å². The van der Waals surface area contributed by atoms with Crippen molar-refractivity contribution in [2.75, 3.05) is 5.43 Å². The lowest BCUT2D eigenvalue weighted by Crippen LogP contribution is -2.13. The lowest BCUT2D eigenvalue weighted by Gasteiger charge is -2.01. The predicted molar refractivity (Wildman–Crippen MR) is 85.2 cm³/mol. The molecule has 0 atom stereocenters. The third kappa shape index (κ3) is 3.03. The summed E-state index contributed by atoms with van der Waals surface area (Å²) in [5, 5.41) is 5.05. The van der Waals surface area contributed by atoms with Crippen LogP contribution in [0.2, 0.25) is 0 Å². The maximum absolute atomic E-state index is 11.6. The maximum atomic E-state index is 11.6. The third-order valence-corrected chi connectivity index (χ3v) is 3.05. The number of hydrogen-bond acceptors (Lipinski definition) is 5. The molecule has 0 spiro atoms. The summed E-state index contributed by atoms with van der Waals surface area (Å²) in [7, 11) is 0. The van der Waals surface area contributed by atoms with E-state index in [1.54, 1.807) is 0 Å². The van der Waals surface area contributed by atoms with Gasteiger partial charge in [0.05, 0.1) is 17.3 Å². The fraction of sp³-hybridized carbons (Fsp3) is 0. The number of para-hydroxylation sites is 1. The zero-order valence-electron chi connectivity index (χ0n) is 10.8. The minimum absolute atomic E-state index is 0.279. The van der Waals surface area contributed by atoms with E-state index < -0.39 is 0 Å². The Kier molecular flexibility index (Phi) is 3.57. The highest BCUT2D eigenvalue weighted by Gasteiger charge is 1.97. The van der Waals surface area contributed by atoms with Gasteiger partial charge in [-0.05, 0) is 30.4 Å². The zero-order valence-corrected chi connectivity index (χ0v) is 11.6. The van der Waals surface area contributed by atoms with Gasteiger partial charge in [-0.25, -0.2) is 4.98 Å². The van der Waals surface area contributed by atoms with Gasteiger partial charge in [-0.2, -0.15) is 5.10 Å². The standard InChI is InChI=1S/C14H11N5OS/c20-13-10(7-15-14(21)18-13)8-16-19-12-6-5-9-3-1-2-4-11(9)17-12/h1-8H,(H,17,19)(H2,15,18,20,21). The average Bonchev–Trinajstić information content (AvgIpc) is 2.49. The van der Waals surface area contributed by atoms with Crippen LogP contribution in [0.5, 0.6) is 0 Å². The number of H-pyrrole nitrogens is 2.